The van der Waals surface area contributed by atoms with E-state index in [0.717, 1.165) is 25.9 Å². The van der Waals surface area contributed by atoms with Crippen LogP contribution in [0.1, 0.15) is 52.4 Å². The van der Waals surface area contributed by atoms with Gasteiger partial charge in [-0.05, 0) is 45.3 Å². The number of carbonyl (C=O) groups is 2. The number of hydrogen-bond donors (Lipinski definition) is 2. The Balaban J connectivity index is 0. The van der Waals surface area contributed by atoms with Gasteiger partial charge >= 0.3 is 21.1 Å². The van der Waals surface area contributed by atoms with Crippen molar-refractivity contribution in [3.63, 3.8) is 0 Å². The molecule has 1 rings (SSSR count). The molecule has 8 heteroatoms. The molecular weight excluding hydrogens is 493 g/mol. The van der Waals surface area contributed by atoms with Crippen LogP contribution >= 0.6 is 0 Å². The summed E-state index contributed by atoms with van der Waals surface area (Å²) in [5.74, 6) is -3.61. The maximum atomic E-state index is 10.6. The molecule has 0 aromatic heterocycles. The molecule has 1 saturated carbocycles. The smallest absolute Gasteiger partial charge is 0.550 e. The first-order chi connectivity index (χ1) is 10.8. The first-order valence-electron chi connectivity index (χ1n) is 8.45. The minimum atomic E-state index is -1.34. The van der Waals surface area contributed by atoms with Gasteiger partial charge in [0.15, 0.2) is 0 Å². The van der Waals surface area contributed by atoms with E-state index in [4.69, 9.17) is 11.5 Å². The van der Waals surface area contributed by atoms with Crippen LogP contribution in [0.4, 0.5) is 0 Å². The van der Waals surface area contributed by atoms with Gasteiger partial charge < -0.3 is 36.2 Å². The number of nitrogens with zero attached hydrogens (tertiary/aromatic N) is 1. The van der Waals surface area contributed by atoms with Crippen molar-refractivity contribution < 1.29 is 40.9 Å². The Morgan fingerprint density at radius 2 is 1.54 bits per heavy atom. The molecule has 7 nitrogen and oxygen atoms in total. The van der Waals surface area contributed by atoms with Crippen molar-refractivity contribution in [3.8, 4) is 0 Å². The molecule has 0 bridgehead atoms. The second-order valence-corrected chi connectivity index (χ2v) is 6.02. The molecule has 0 saturated heterocycles. The van der Waals surface area contributed by atoms with Crippen LogP contribution < -0.4 is 21.7 Å². The fourth-order valence-corrected chi connectivity index (χ4v) is 2.57. The summed E-state index contributed by atoms with van der Waals surface area (Å²) in [4.78, 5) is 22.9. The quantitative estimate of drug-likeness (QED) is 0.392. The van der Waals surface area contributed by atoms with Crippen LogP contribution in [0.15, 0.2) is 0 Å². The Labute approximate surface area is 159 Å². The zero-order valence-electron chi connectivity index (χ0n) is 14.6. The summed E-state index contributed by atoms with van der Waals surface area (Å²) in [5.41, 5.74) is 11.3. The molecule has 0 spiro atoms. The molecule has 1 aliphatic carbocycles. The maximum absolute atomic E-state index is 10.6. The minimum absolute atomic E-state index is 0. The van der Waals surface area contributed by atoms with Crippen LogP contribution in [-0.4, -0.2) is 48.6 Å². The molecule has 0 amide bonds. The van der Waals surface area contributed by atoms with Gasteiger partial charge in [-0.3, -0.25) is 0 Å². The van der Waals surface area contributed by atoms with E-state index in [9.17, 15) is 19.8 Å². The van der Waals surface area contributed by atoms with E-state index in [1.54, 1.807) is 0 Å². The molecule has 1 fully saturated rings. The number of carboxylic acids is 2. The molecule has 24 heavy (non-hydrogen) atoms. The number of hydrogen-bond acceptors (Lipinski definition) is 7. The number of nitrogens with two attached hydrogens (primary N) is 2. The summed E-state index contributed by atoms with van der Waals surface area (Å²) in [6, 6.07) is 0.562. The topological polar surface area (TPSA) is 136 Å². The molecule has 3 unspecified atom stereocenters. The van der Waals surface area contributed by atoms with Crippen molar-refractivity contribution in [2.24, 2.45) is 17.4 Å². The third-order valence-electron chi connectivity index (χ3n) is 4.31. The van der Waals surface area contributed by atoms with E-state index in [1.165, 1.54) is 12.8 Å². The molecule has 0 radical (unpaired) electrons. The van der Waals surface area contributed by atoms with E-state index in [2.05, 4.69) is 0 Å². The number of carbonyl (C=O) groups excluding carboxylic acids is 2. The Morgan fingerprint density at radius 1 is 1.08 bits per heavy atom. The fourth-order valence-electron chi connectivity index (χ4n) is 2.57. The van der Waals surface area contributed by atoms with Crippen molar-refractivity contribution in [2.45, 2.75) is 64.5 Å². The summed E-state index contributed by atoms with van der Waals surface area (Å²) < 4.78 is 0. The molecule has 0 aromatic rings. The summed E-state index contributed by atoms with van der Waals surface area (Å²) in [5, 5.41) is 20.9. The van der Waals surface area contributed by atoms with Gasteiger partial charge in [-0.25, -0.2) is 0 Å². The Bertz CT molecular complexity index is 344. The molecule has 4 N–H and O–H groups in total. The SMILES string of the molecule is CCN(CC)CCC(CC(=O)[O-])C(=O)[O-].NC1CCCCC1N.[Pt+2]. The Hall–Kier alpha value is -0.492. The molecular formula is C16H31N3O4Pt. The summed E-state index contributed by atoms with van der Waals surface area (Å²) in [6.07, 6.45) is 4.62. The predicted molar refractivity (Wildman–Crippen MR) is 84.9 cm³/mol. The number of aliphatic carboxylic acids is 2. The molecule has 0 heterocycles. The van der Waals surface area contributed by atoms with Gasteiger partial charge in [-0.15, -0.1) is 0 Å². The van der Waals surface area contributed by atoms with Gasteiger partial charge in [-0.2, -0.15) is 0 Å². The summed E-state index contributed by atoms with van der Waals surface area (Å²) in [6.45, 7) is 6.15. The van der Waals surface area contributed by atoms with E-state index < -0.39 is 24.3 Å². The molecule has 144 valence electrons. The number of rotatable bonds is 8. The Morgan fingerprint density at radius 3 is 1.83 bits per heavy atom. The van der Waals surface area contributed by atoms with Crippen LogP contribution in [0.25, 0.3) is 0 Å². The van der Waals surface area contributed by atoms with Crippen molar-refractivity contribution in [1.82, 2.24) is 4.90 Å². The minimum Gasteiger partial charge on any atom is -0.550 e. The van der Waals surface area contributed by atoms with Crippen LogP contribution in [0.3, 0.4) is 0 Å². The van der Waals surface area contributed by atoms with Gasteiger partial charge in [0.1, 0.15) is 0 Å². The van der Waals surface area contributed by atoms with Crippen molar-refractivity contribution in [1.29, 1.82) is 0 Å². The zero-order chi connectivity index (χ0) is 17.8. The molecule has 1 aliphatic rings. The summed E-state index contributed by atoms with van der Waals surface area (Å²) in [7, 11) is 0. The van der Waals surface area contributed by atoms with Crippen molar-refractivity contribution >= 4 is 11.9 Å². The number of carboxylic acid groups (broad SMARTS) is 2. The van der Waals surface area contributed by atoms with E-state index in [-0.39, 0.29) is 39.6 Å². The summed E-state index contributed by atoms with van der Waals surface area (Å²) >= 11 is 0. The van der Waals surface area contributed by atoms with Crippen LogP contribution in [0, 0.1) is 5.92 Å². The van der Waals surface area contributed by atoms with E-state index >= 15 is 0 Å². The largest absolute Gasteiger partial charge is 2.00 e. The van der Waals surface area contributed by atoms with Crippen LogP contribution in [0.5, 0.6) is 0 Å². The monoisotopic (exact) mass is 524 g/mol. The standard InChI is InChI=1S/C10H19NO4.C6H14N2.Pt/c1-3-11(4-2)6-5-8(10(14)15)7-9(12)13;7-5-3-1-2-4-6(5)8;/h8H,3-7H2,1-2H3,(H,12,13)(H,14,15);5-6H,1-4,7-8H2;/q;;+2/p-2. The molecule has 3 atom stereocenters. The van der Waals surface area contributed by atoms with Gasteiger partial charge in [0.25, 0.3) is 0 Å². The van der Waals surface area contributed by atoms with Crippen molar-refractivity contribution in [3.05, 3.63) is 0 Å². The first-order valence-corrected chi connectivity index (χ1v) is 8.45. The fraction of sp³-hybridized carbons (Fsp3) is 0.875. The average Bonchev–Trinajstić information content (AvgIpc) is 2.50. The Kier molecular flexibility index (Phi) is 15.9. The van der Waals surface area contributed by atoms with Gasteiger partial charge in [0, 0.05) is 29.9 Å². The molecule has 0 aromatic carbocycles. The van der Waals surface area contributed by atoms with E-state index in [1.807, 2.05) is 18.7 Å². The predicted octanol–water partition coefficient (Wildman–Crippen LogP) is -1.56. The zero-order valence-corrected chi connectivity index (χ0v) is 16.9. The van der Waals surface area contributed by atoms with E-state index in [0.29, 0.717) is 6.54 Å². The maximum Gasteiger partial charge on any atom is 2.00 e. The second kappa shape index (κ2) is 14.8. The second-order valence-electron chi connectivity index (χ2n) is 6.02. The normalized spacial score (nSPS) is 21.2. The van der Waals surface area contributed by atoms with Gasteiger partial charge in [0.2, 0.25) is 0 Å². The average molecular weight is 525 g/mol. The third-order valence-corrected chi connectivity index (χ3v) is 4.31. The van der Waals surface area contributed by atoms with Gasteiger partial charge in [0.05, 0.1) is 0 Å². The van der Waals surface area contributed by atoms with Crippen LogP contribution in [-0.2, 0) is 30.7 Å². The molecule has 0 aliphatic heterocycles. The third kappa shape index (κ3) is 12.0. The van der Waals surface area contributed by atoms with Crippen molar-refractivity contribution in [2.75, 3.05) is 19.6 Å². The first kappa shape index (κ1) is 25.7. The van der Waals surface area contributed by atoms with Crippen LogP contribution in [0.2, 0.25) is 0 Å². The van der Waals surface area contributed by atoms with Gasteiger partial charge in [-0.1, -0.05) is 26.7 Å².